The highest BCUT2D eigenvalue weighted by molar-refractivity contribution is 7.09. The van der Waals surface area contributed by atoms with Crippen LogP contribution in [0.25, 0.3) is 0 Å². The second-order valence-corrected chi connectivity index (χ2v) is 2.88. The fourth-order valence-electron chi connectivity index (χ4n) is 0.635. The Kier molecular flexibility index (Phi) is 2.22. The van der Waals surface area contributed by atoms with Crippen molar-refractivity contribution in [1.29, 1.82) is 0 Å². The van der Waals surface area contributed by atoms with Gasteiger partial charge in [0, 0.05) is 11.3 Å². The highest BCUT2D eigenvalue weighted by atomic mass is 32.1. The van der Waals surface area contributed by atoms with E-state index in [1.165, 1.54) is 0 Å². The van der Waals surface area contributed by atoms with Gasteiger partial charge in [0.05, 0.1) is 0 Å². The number of thiophene rings is 1. The van der Waals surface area contributed by atoms with Crippen LogP contribution in [0.5, 0.6) is 0 Å². The van der Waals surface area contributed by atoms with Gasteiger partial charge in [-0.1, -0.05) is 6.07 Å². The molecule has 0 bridgehead atoms. The minimum absolute atomic E-state index is 0.567. The number of hydrogen-bond acceptors (Lipinski definition) is 3. The van der Waals surface area contributed by atoms with Gasteiger partial charge in [0.25, 0.3) is 0 Å². The third-order valence-electron chi connectivity index (χ3n) is 0.990. The van der Waals surface area contributed by atoms with Crippen molar-refractivity contribution in [2.24, 2.45) is 5.73 Å². The molecule has 3 heteroatoms. The zero-order valence-corrected chi connectivity index (χ0v) is 5.77. The van der Waals surface area contributed by atoms with Gasteiger partial charge in [0.1, 0.15) is 6.23 Å². The number of rotatable bonds is 2. The smallest absolute Gasteiger partial charge is 0.107 e. The van der Waals surface area contributed by atoms with Crippen LogP contribution in [0.1, 0.15) is 4.88 Å². The number of nitrogens with two attached hydrogens (primary N) is 1. The molecule has 0 aromatic carbocycles. The van der Waals surface area contributed by atoms with Crippen molar-refractivity contribution < 1.29 is 5.11 Å². The summed E-state index contributed by atoms with van der Waals surface area (Å²) in [5.41, 5.74) is 5.15. The van der Waals surface area contributed by atoms with Crippen molar-refractivity contribution in [3.8, 4) is 0 Å². The Hall–Kier alpha value is -0.380. The SMILES string of the molecule is NC(O)Cc1cccs1. The molecule has 2 nitrogen and oxygen atoms in total. The molecule has 0 saturated heterocycles. The van der Waals surface area contributed by atoms with Crippen LogP contribution >= 0.6 is 11.3 Å². The summed E-state index contributed by atoms with van der Waals surface area (Å²) in [6.45, 7) is 0. The van der Waals surface area contributed by atoms with Gasteiger partial charge < -0.3 is 10.8 Å². The van der Waals surface area contributed by atoms with Crippen molar-refractivity contribution >= 4 is 11.3 Å². The van der Waals surface area contributed by atoms with Crippen LogP contribution in [0.2, 0.25) is 0 Å². The summed E-state index contributed by atoms with van der Waals surface area (Å²) in [4.78, 5) is 1.13. The van der Waals surface area contributed by atoms with Gasteiger partial charge in [-0.05, 0) is 11.4 Å². The lowest BCUT2D eigenvalue weighted by molar-refractivity contribution is 0.184. The van der Waals surface area contributed by atoms with Gasteiger partial charge in [0.2, 0.25) is 0 Å². The van der Waals surface area contributed by atoms with Gasteiger partial charge in [-0.25, -0.2) is 0 Å². The topological polar surface area (TPSA) is 46.2 Å². The first-order valence-corrected chi connectivity index (χ1v) is 3.63. The normalized spacial score (nSPS) is 13.6. The monoisotopic (exact) mass is 143 g/mol. The van der Waals surface area contributed by atoms with E-state index >= 15 is 0 Å². The van der Waals surface area contributed by atoms with Gasteiger partial charge >= 0.3 is 0 Å². The Morgan fingerprint density at radius 3 is 3.00 bits per heavy atom. The molecular formula is C6H9NOS. The summed E-state index contributed by atoms with van der Waals surface area (Å²) >= 11 is 1.61. The molecule has 0 saturated carbocycles. The predicted octanol–water partition coefficient (Wildman–Crippen LogP) is 0.568. The third kappa shape index (κ3) is 2.13. The second-order valence-electron chi connectivity index (χ2n) is 1.85. The van der Waals surface area contributed by atoms with Crippen molar-refractivity contribution in [1.82, 2.24) is 0 Å². The van der Waals surface area contributed by atoms with Crippen LogP contribution in [-0.2, 0) is 6.42 Å². The van der Waals surface area contributed by atoms with Crippen LogP contribution in [-0.4, -0.2) is 11.3 Å². The van der Waals surface area contributed by atoms with E-state index < -0.39 is 6.23 Å². The van der Waals surface area contributed by atoms with Gasteiger partial charge in [0.15, 0.2) is 0 Å². The fraction of sp³-hybridized carbons (Fsp3) is 0.333. The maximum atomic E-state index is 8.71. The molecule has 1 heterocycles. The molecule has 0 aliphatic carbocycles. The summed E-state index contributed by atoms with van der Waals surface area (Å²) in [7, 11) is 0. The standard InChI is InChI=1S/C6H9NOS/c7-6(8)4-5-2-1-3-9-5/h1-3,6,8H,4,7H2. The van der Waals surface area contributed by atoms with Gasteiger partial charge in [-0.2, -0.15) is 0 Å². The Morgan fingerprint density at radius 2 is 2.56 bits per heavy atom. The first-order valence-electron chi connectivity index (χ1n) is 2.75. The lowest BCUT2D eigenvalue weighted by atomic mass is 10.3. The van der Waals surface area contributed by atoms with E-state index in [1.54, 1.807) is 11.3 Å². The molecule has 1 unspecified atom stereocenters. The fourth-order valence-corrected chi connectivity index (χ4v) is 1.39. The molecule has 0 radical (unpaired) electrons. The molecule has 3 N–H and O–H groups in total. The Bertz CT molecular complexity index is 160. The first-order chi connectivity index (χ1) is 4.29. The maximum Gasteiger partial charge on any atom is 0.107 e. The Balaban J connectivity index is 2.48. The molecule has 0 spiro atoms. The molecule has 1 aromatic rings. The van der Waals surface area contributed by atoms with Crippen LogP contribution < -0.4 is 5.73 Å². The summed E-state index contributed by atoms with van der Waals surface area (Å²) in [5, 5.41) is 10.7. The number of hydrogen-bond donors (Lipinski definition) is 2. The lowest BCUT2D eigenvalue weighted by Gasteiger charge is -1.98. The van der Waals surface area contributed by atoms with Crippen LogP contribution in [0.15, 0.2) is 17.5 Å². The van der Waals surface area contributed by atoms with Gasteiger partial charge in [-0.3, -0.25) is 0 Å². The first kappa shape index (κ1) is 6.74. The van der Waals surface area contributed by atoms with Crippen molar-refractivity contribution in [2.75, 3.05) is 0 Å². The Labute approximate surface area is 57.9 Å². The quantitative estimate of drug-likeness (QED) is 0.594. The molecule has 50 valence electrons. The number of aliphatic hydroxyl groups is 1. The summed E-state index contributed by atoms with van der Waals surface area (Å²) in [5.74, 6) is 0. The summed E-state index contributed by atoms with van der Waals surface area (Å²) < 4.78 is 0. The average Bonchev–Trinajstić information content (AvgIpc) is 2.15. The summed E-state index contributed by atoms with van der Waals surface area (Å²) in [6.07, 6.45) is -0.138. The highest BCUT2D eigenvalue weighted by Crippen LogP contribution is 2.08. The molecule has 0 aliphatic heterocycles. The van der Waals surface area contributed by atoms with E-state index in [9.17, 15) is 0 Å². The minimum atomic E-state index is -0.705. The molecule has 0 aliphatic rings. The van der Waals surface area contributed by atoms with Crippen LogP contribution in [0.3, 0.4) is 0 Å². The summed E-state index contributed by atoms with van der Waals surface area (Å²) in [6, 6.07) is 3.91. The molecule has 0 fully saturated rings. The molecule has 0 amide bonds. The predicted molar refractivity (Wildman–Crippen MR) is 38.2 cm³/mol. The zero-order valence-electron chi connectivity index (χ0n) is 4.95. The van der Waals surface area contributed by atoms with Crippen LogP contribution in [0.4, 0.5) is 0 Å². The van der Waals surface area contributed by atoms with E-state index in [0.29, 0.717) is 6.42 Å². The van der Waals surface area contributed by atoms with Crippen molar-refractivity contribution in [2.45, 2.75) is 12.6 Å². The molecule has 1 aromatic heterocycles. The van der Waals surface area contributed by atoms with Crippen molar-refractivity contribution in [3.63, 3.8) is 0 Å². The van der Waals surface area contributed by atoms with E-state index in [-0.39, 0.29) is 0 Å². The van der Waals surface area contributed by atoms with Crippen molar-refractivity contribution in [3.05, 3.63) is 22.4 Å². The minimum Gasteiger partial charge on any atom is -0.378 e. The second kappa shape index (κ2) is 2.96. The molecule has 9 heavy (non-hydrogen) atoms. The van der Waals surface area contributed by atoms with E-state index in [1.807, 2.05) is 17.5 Å². The molecular weight excluding hydrogens is 134 g/mol. The lowest BCUT2D eigenvalue weighted by Crippen LogP contribution is -2.20. The van der Waals surface area contributed by atoms with Gasteiger partial charge in [-0.15, -0.1) is 11.3 Å². The highest BCUT2D eigenvalue weighted by Gasteiger charge is 1.97. The average molecular weight is 143 g/mol. The largest absolute Gasteiger partial charge is 0.378 e. The van der Waals surface area contributed by atoms with E-state index in [0.717, 1.165) is 4.88 Å². The van der Waals surface area contributed by atoms with E-state index in [2.05, 4.69) is 0 Å². The maximum absolute atomic E-state index is 8.71. The zero-order chi connectivity index (χ0) is 6.69. The third-order valence-corrected chi connectivity index (χ3v) is 1.89. The van der Waals surface area contributed by atoms with Crippen LogP contribution in [0, 0.1) is 0 Å². The molecule has 1 atom stereocenters. The number of aliphatic hydroxyl groups excluding tert-OH is 1. The Morgan fingerprint density at radius 1 is 1.78 bits per heavy atom. The van der Waals surface area contributed by atoms with E-state index in [4.69, 9.17) is 10.8 Å². The molecule has 1 rings (SSSR count).